The molecule has 0 radical (unpaired) electrons. The molecule has 4 rings (SSSR count). The zero-order valence-electron chi connectivity index (χ0n) is 14.2. The molecule has 0 amide bonds. The van der Waals surface area contributed by atoms with Gasteiger partial charge in [-0.15, -0.1) is 11.3 Å². The van der Waals surface area contributed by atoms with Gasteiger partial charge in [-0.2, -0.15) is 0 Å². The van der Waals surface area contributed by atoms with Crippen molar-refractivity contribution in [2.75, 3.05) is 0 Å². The smallest absolute Gasteiger partial charge is 0.123 e. The summed E-state index contributed by atoms with van der Waals surface area (Å²) in [6.07, 6.45) is 0. The van der Waals surface area contributed by atoms with Gasteiger partial charge in [-0.05, 0) is 29.3 Å². The van der Waals surface area contributed by atoms with Crippen LogP contribution in [0.15, 0.2) is 72.1 Å². The maximum absolute atomic E-state index is 4.75. The van der Waals surface area contributed by atoms with Crippen molar-refractivity contribution in [2.24, 2.45) is 0 Å². The minimum absolute atomic E-state index is 0.787. The SMILES string of the molecule is Cc1ccc(-c2nc(CNCc3ccc4ccccc4c3)cs2)cc1. The molecule has 25 heavy (non-hydrogen) atoms. The topological polar surface area (TPSA) is 24.9 Å². The lowest BCUT2D eigenvalue weighted by atomic mass is 10.1. The number of thiazole rings is 1. The molecule has 0 saturated heterocycles. The Morgan fingerprint density at radius 3 is 2.52 bits per heavy atom. The summed E-state index contributed by atoms with van der Waals surface area (Å²) in [5.41, 5.74) is 4.86. The lowest BCUT2D eigenvalue weighted by Crippen LogP contribution is -2.12. The standard InChI is InChI=1S/C22H20N2S/c1-16-6-9-19(10-7-16)22-24-21(15-25-22)14-23-13-17-8-11-18-4-2-3-5-20(18)12-17/h2-12,15,23H,13-14H2,1H3. The van der Waals surface area contributed by atoms with Gasteiger partial charge in [0.25, 0.3) is 0 Å². The molecule has 0 aliphatic carbocycles. The van der Waals surface area contributed by atoms with Crippen molar-refractivity contribution in [1.82, 2.24) is 10.3 Å². The van der Waals surface area contributed by atoms with E-state index in [1.807, 2.05) is 0 Å². The Morgan fingerprint density at radius 2 is 1.68 bits per heavy atom. The summed E-state index contributed by atoms with van der Waals surface area (Å²) >= 11 is 1.71. The normalized spacial score (nSPS) is 11.1. The molecule has 0 aliphatic rings. The first-order valence-corrected chi connectivity index (χ1v) is 9.36. The molecule has 4 aromatic rings. The number of aromatic nitrogens is 1. The highest BCUT2D eigenvalue weighted by atomic mass is 32.1. The lowest BCUT2D eigenvalue weighted by Gasteiger charge is -2.05. The second-order valence-corrected chi connectivity index (χ2v) is 7.15. The van der Waals surface area contributed by atoms with Gasteiger partial charge < -0.3 is 5.32 Å². The fourth-order valence-electron chi connectivity index (χ4n) is 2.90. The number of hydrogen-bond acceptors (Lipinski definition) is 3. The van der Waals surface area contributed by atoms with E-state index in [1.165, 1.54) is 27.5 Å². The molecule has 3 heteroatoms. The van der Waals surface area contributed by atoms with Gasteiger partial charge in [0.15, 0.2) is 0 Å². The Kier molecular flexibility index (Phi) is 4.59. The van der Waals surface area contributed by atoms with Crippen LogP contribution in [-0.2, 0) is 13.1 Å². The van der Waals surface area contributed by atoms with Crippen LogP contribution in [0.5, 0.6) is 0 Å². The van der Waals surface area contributed by atoms with E-state index in [4.69, 9.17) is 4.98 Å². The van der Waals surface area contributed by atoms with Crippen molar-refractivity contribution < 1.29 is 0 Å². The molecule has 3 aromatic carbocycles. The van der Waals surface area contributed by atoms with Crippen LogP contribution >= 0.6 is 11.3 Å². The monoisotopic (exact) mass is 344 g/mol. The average molecular weight is 344 g/mol. The van der Waals surface area contributed by atoms with Crippen LogP contribution in [0.25, 0.3) is 21.3 Å². The average Bonchev–Trinajstić information content (AvgIpc) is 3.11. The second-order valence-electron chi connectivity index (χ2n) is 6.30. The van der Waals surface area contributed by atoms with Gasteiger partial charge >= 0.3 is 0 Å². The van der Waals surface area contributed by atoms with E-state index in [0.29, 0.717) is 0 Å². The molecule has 0 unspecified atom stereocenters. The van der Waals surface area contributed by atoms with Gasteiger partial charge in [-0.25, -0.2) is 4.98 Å². The highest BCUT2D eigenvalue weighted by Crippen LogP contribution is 2.24. The number of nitrogens with one attached hydrogen (secondary N) is 1. The largest absolute Gasteiger partial charge is 0.307 e. The molecule has 0 saturated carbocycles. The van der Waals surface area contributed by atoms with Crippen molar-refractivity contribution in [3.63, 3.8) is 0 Å². The third kappa shape index (κ3) is 3.78. The Labute approximate surface area is 152 Å². The van der Waals surface area contributed by atoms with E-state index in [2.05, 4.69) is 84.4 Å². The minimum atomic E-state index is 0.787. The van der Waals surface area contributed by atoms with Crippen molar-refractivity contribution in [1.29, 1.82) is 0 Å². The van der Waals surface area contributed by atoms with Crippen molar-refractivity contribution in [3.8, 4) is 10.6 Å². The molecule has 0 atom stereocenters. The van der Waals surface area contributed by atoms with E-state index in [0.717, 1.165) is 23.8 Å². The summed E-state index contributed by atoms with van der Waals surface area (Å²) in [5, 5.41) is 9.30. The second kappa shape index (κ2) is 7.18. The summed E-state index contributed by atoms with van der Waals surface area (Å²) in [7, 11) is 0. The summed E-state index contributed by atoms with van der Waals surface area (Å²) in [4.78, 5) is 4.75. The van der Waals surface area contributed by atoms with Crippen LogP contribution in [0.4, 0.5) is 0 Å². The molecule has 1 heterocycles. The molecule has 0 aliphatic heterocycles. The number of fused-ring (bicyclic) bond motifs is 1. The summed E-state index contributed by atoms with van der Waals surface area (Å²) in [6, 6.07) is 23.6. The first-order chi connectivity index (χ1) is 12.3. The molecule has 1 N–H and O–H groups in total. The number of hydrogen-bond donors (Lipinski definition) is 1. The summed E-state index contributed by atoms with van der Waals surface area (Å²) in [5.74, 6) is 0. The first-order valence-electron chi connectivity index (χ1n) is 8.48. The highest BCUT2D eigenvalue weighted by Gasteiger charge is 2.04. The quantitative estimate of drug-likeness (QED) is 0.512. The van der Waals surface area contributed by atoms with Crippen LogP contribution in [-0.4, -0.2) is 4.98 Å². The van der Waals surface area contributed by atoms with Gasteiger partial charge in [0.1, 0.15) is 5.01 Å². The lowest BCUT2D eigenvalue weighted by molar-refractivity contribution is 0.683. The molecule has 2 nitrogen and oxygen atoms in total. The summed E-state index contributed by atoms with van der Waals surface area (Å²) in [6.45, 7) is 3.74. The predicted octanol–water partition coefficient (Wildman–Crippen LogP) is 5.56. The van der Waals surface area contributed by atoms with E-state index in [9.17, 15) is 0 Å². The Bertz CT molecular complexity index is 986. The van der Waals surface area contributed by atoms with E-state index < -0.39 is 0 Å². The van der Waals surface area contributed by atoms with Crippen LogP contribution in [0.1, 0.15) is 16.8 Å². The zero-order valence-corrected chi connectivity index (χ0v) is 15.0. The minimum Gasteiger partial charge on any atom is -0.307 e. The molecular weight excluding hydrogens is 324 g/mol. The Hall–Kier alpha value is -2.49. The van der Waals surface area contributed by atoms with E-state index >= 15 is 0 Å². The third-order valence-corrected chi connectivity index (χ3v) is 5.24. The number of nitrogens with zero attached hydrogens (tertiary/aromatic N) is 1. The maximum atomic E-state index is 4.75. The van der Waals surface area contributed by atoms with Crippen molar-refractivity contribution >= 4 is 22.1 Å². The number of aryl methyl sites for hydroxylation is 1. The van der Waals surface area contributed by atoms with Crippen LogP contribution < -0.4 is 5.32 Å². The van der Waals surface area contributed by atoms with Crippen molar-refractivity contribution in [2.45, 2.75) is 20.0 Å². The van der Waals surface area contributed by atoms with Crippen molar-refractivity contribution in [3.05, 3.63) is 88.9 Å². The number of rotatable bonds is 5. The summed E-state index contributed by atoms with van der Waals surface area (Å²) < 4.78 is 0. The van der Waals surface area contributed by atoms with Crippen LogP contribution in [0, 0.1) is 6.92 Å². The van der Waals surface area contributed by atoms with Gasteiger partial charge in [0, 0.05) is 24.0 Å². The Balaban J connectivity index is 1.39. The molecule has 0 fully saturated rings. The highest BCUT2D eigenvalue weighted by molar-refractivity contribution is 7.13. The van der Waals surface area contributed by atoms with Gasteiger partial charge in [-0.3, -0.25) is 0 Å². The molecule has 124 valence electrons. The first kappa shape index (κ1) is 16.0. The van der Waals surface area contributed by atoms with Crippen LogP contribution in [0.3, 0.4) is 0 Å². The molecular formula is C22H20N2S. The molecule has 0 spiro atoms. The van der Waals surface area contributed by atoms with E-state index in [-0.39, 0.29) is 0 Å². The number of benzene rings is 3. The third-order valence-electron chi connectivity index (χ3n) is 4.30. The molecule has 0 bridgehead atoms. The zero-order chi connectivity index (χ0) is 17.1. The van der Waals surface area contributed by atoms with Crippen LogP contribution in [0.2, 0.25) is 0 Å². The van der Waals surface area contributed by atoms with Gasteiger partial charge in [-0.1, -0.05) is 66.2 Å². The van der Waals surface area contributed by atoms with Gasteiger partial charge in [0.05, 0.1) is 5.69 Å². The fourth-order valence-corrected chi connectivity index (χ4v) is 3.73. The maximum Gasteiger partial charge on any atom is 0.123 e. The van der Waals surface area contributed by atoms with Gasteiger partial charge in [0.2, 0.25) is 0 Å². The predicted molar refractivity (Wildman–Crippen MR) is 107 cm³/mol. The van der Waals surface area contributed by atoms with E-state index in [1.54, 1.807) is 11.3 Å². The molecule has 1 aromatic heterocycles. The Morgan fingerprint density at radius 1 is 0.880 bits per heavy atom. The fraction of sp³-hybridized carbons (Fsp3) is 0.136.